The third kappa shape index (κ3) is 3.22. The van der Waals surface area contributed by atoms with Crippen LogP contribution in [-0.4, -0.2) is 32.4 Å². The van der Waals surface area contributed by atoms with Gasteiger partial charge < -0.3 is 10.4 Å². The molecule has 0 aliphatic rings. The summed E-state index contributed by atoms with van der Waals surface area (Å²) in [5.41, 5.74) is 1.82. The van der Waals surface area contributed by atoms with Gasteiger partial charge in [-0.3, -0.25) is 14.5 Å². The van der Waals surface area contributed by atoms with Crippen LogP contribution in [0.4, 0.5) is 0 Å². The van der Waals surface area contributed by atoms with Crippen LogP contribution in [0.25, 0.3) is 0 Å². The van der Waals surface area contributed by atoms with E-state index in [1.54, 1.807) is 16.9 Å². The molecule has 0 atom stereocenters. The molecule has 0 bridgehead atoms. The number of carbonyl (C=O) groups excluding carboxylic acids is 1. The molecule has 2 aromatic heterocycles. The first-order valence-electron chi connectivity index (χ1n) is 6.01. The van der Waals surface area contributed by atoms with Crippen molar-refractivity contribution in [2.24, 2.45) is 7.05 Å². The summed E-state index contributed by atoms with van der Waals surface area (Å²) in [4.78, 5) is 16.1. The monoisotopic (exact) mass is 270 g/mol. The van der Waals surface area contributed by atoms with Gasteiger partial charge in [-0.15, -0.1) is 0 Å². The molecule has 2 rings (SSSR count). The average molecular weight is 270 g/mol. The zero-order valence-corrected chi connectivity index (χ0v) is 11.0. The standard InChI is InChI=1S/C14H14N4O2/c1-18-12(4-7-17-18)10-16-14(20)13-5-6-15-9-11(13)3-2-8-19/h4-7,9,19H,8,10H2,1H3,(H,16,20). The summed E-state index contributed by atoms with van der Waals surface area (Å²) in [6.07, 6.45) is 4.71. The van der Waals surface area contributed by atoms with Gasteiger partial charge in [0.2, 0.25) is 0 Å². The highest BCUT2D eigenvalue weighted by molar-refractivity contribution is 5.96. The van der Waals surface area contributed by atoms with E-state index >= 15 is 0 Å². The number of aliphatic hydroxyl groups excluding tert-OH is 1. The molecule has 20 heavy (non-hydrogen) atoms. The maximum atomic E-state index is 12.1. The average Bonchev–Trinajstić information content (AvgIpc) is 2.88. The molecule has 2 N–H and O–H groups in total. The van der Waals surface area contributed by atoms with Gasteiger partial charge in [-0.25, -0.2) is 0 Å². The van der Waals surface area contributed by atoms with Crippen molar-refractivity contribution >= 4 is 5.91 Å². The molecular formula is C14H14N4O2. The Kier molecular flexibility index (Phi) is 4.47. The van der Waals surface area contributed by atoms with Gasteiger partial charge in [-0.05, 0) is 12.1 Å². The van der Waals surface area contributed by atoms with Gasteiger partial charge in [0.25, 0.3) is 5.91 Å². The number of nitrogens with zero attached hydrogens (tertiary/aromatic N) is 3. The molecule has 0 unspecified atom stereocenters. The molecule has 1 amide bonds. The lowest BCUT2D eigenvalue weighted by atomic mass is 10.1. The highest BCUT2D eigenvalue weighted by Crippen LogP contribution is 2.06. The molecule has 2 heterocycles. The third-order valence-corrected chi connectivity index (χ3v) is 2.72. The van der Waals surface area contributed by atoms with Crippen molar-refractivity contribution in [1.29, 1.82) is 0 Å². The van der Waals surface area contributed by atoms with Crippen molar-refractivity contribution in [3.8, 4) is 11.8 Å². The number of pyridine rings is 1. The zero-order valence-electron chi connectivity index (χ0n) is 11.0. The molecule has 0 fully saturated rings. The molecule has 0 radical (unpaired) electrons. The minimum atomic E-state index is -0.259. The van der Waals surface area contributed by atoms with Gasteiger partial charge in [0.1, 0.15) is 6.61 Å². The van der Waals surface area contributed by atoms with Gasteiger partial charge in [0.05, 0.1) is 23.4 Å². The summed E-state index contributed by atoms with van der Waals surface area (Å²) in [6, 6.07) is 3.43. The maximum Gasteiger partial charge on any atom is 0.252 e. The lowest BCUT2D eigenvalue weighted by Crippen LogP contribution is -2.25. The number of hydrogen-bond acceptors (Lipinski definition) is 4. The van der Waals surface area contributed by atoms with E-state index in [1.807, 2.05) is 13.1 Å². The second-order valence-corrected chi connectivity index (χ2v) is 4.01. The first-order valence-corrected chi connectivity index (χ1v) is 6.01. The van der Waals surface area contributed by atoms with Crippen molar-refractivity contribution in [1.82, 2.24) is 20.1 Å². The fourth-order valence-corrected chi connectivity index (χ4v) is 1.67. The summed E-state index contributed by atoms with van der Waals surface area (Å²) in [5.74, 6) is 4.98. The molecule has 0 aliphatic heterocycles. The van der Waals surface area contributed by atoms with Crippen molar-refractivity contribution in [2.75, 3.05) is 6.61 Å². The van der Waals surface area contributed by atoms with Gasteiger partial charge in [0.15, 0.2) is 0 Å². The van der Waals surface area contributed by atoms with Crippen LogP contribution in [-0.2, 0) is 13.6 Å². The Morgan fingerprint density at radius 2 is 2.30 bits per heavy atom. The van der Waals surface area contributed by atoms with E-state index in [4.69, 9.17) is 5.11 Å². The van der Waals surface area contributed by atoms with Crippen molar-refractivity contribution < 1.29 is 9.90 Å². The van der Waals surface area contributed by atoms with Crippen LogP contribution in [0.15, 0.2) is 30.7 Å². The van der Waals surface area contributed by atoms with Crippen LogP contribution < -0.4 is 5.32 Å². The fraction of sp³-hybridized carbons (Fsp3) is 0.214. The number of amides is 1. The lowest BCUT2D eigenvalue weighted by Gasteiger charge is -2.07. The second kappa shape index (κ2) is 6.50. The smallest absolute Gasteiger partial charge is 0.252 e. The van der Waals surface area contributed by atoms with Crippen molar-refractivity contribution in [2.45, 2.75) is 6.54 Å². The van der Waals surface area contributed by atoms with E-state index in [-0.39, 0.29) is 12.5 Å². The van der Waals surface area contributed by atoms with Crippen LogP contribution in [0.3, 0.4) is 0 Å². The minimum absolute atomic E-state index is 0.240. The van der Waals surface area contributed by atoms with Crippen LogP contribution in [0, 0.1) is 11.8 Å². The summed E-state index contributed by atoms with van der Waals surface area (Å²) >= 11 is 0. The summed E-state index contributed by atoms with van der Waals surface area (Å²) in [7, 11) is 1.81. The van der Waals surface area contributed by atoms with Crippen LogP contribution in [0.5, 0.6) is 0 Å². The predicted molar refractivity (Wildman–Crippen MR) is 72.6 cm³/mol. The molecule has 102 valence electrons. The first kappa shape index (κ1) is 13.8. The number of carbonyl (C=O) groups is 1. The van der Waals surface area contributed by atoms with E-state index in [9.17, 15) is 4.79 Å². The molecular weight excluding hydrogens is 256 g/mol. The summed E-state index contributed by atoms with van der Waals surface area (Å²) in [6.45, 7) is 0.121. The molecule has 0 saturated heterocycles. The molecule has 6 nitrogen and oxygen atoms in total. The molecule has 6 heteroatoms. The SMILES string of the molecule is Cn1nccc1CNC(=O)c1ccncc1C#CCO. The number of aryl methyl sites for hydroxylation is 1. The van der Waals surface area contributed by atoms with Crippen LogP contribution in [0.1, 0.15) is 21.6 Å². The number of aliphatic hydroxyl groups is 1. The Morgan fingerprint density at radius 3 is 3.00 bits per heavy atom. The van der Waals surface area contributed by atoms with Gasteiger partial charge in [0, 0.05) is 25.6 Å². The zero-order chi connectivity index (χ0) is 14.4. The highest BCUT2D eigenvalue weighted by atomic mass is 16.2. The van der Waals surface area contributed by atoms with E-state index in [0.29, 0.717) is 17.7 Å². The third-order valence-electron chi connectivity index (χ3n) is 2.72. The normalized spacial score (nSPS) is 9.70. The van der Waals surface area contributed by atoms with E-state index in [1.165, 1.54) is 12.4 Å². The van der Waals surface area contributed by atoms with Gasteiger partial charge in [-0.1, -0.05) is 11.8 Å². The van der Waals surface area contributed by atoms with Gasteiger partial charge in [-0.2, -0.15) is 5.10 Å². The number of nitrogens with one attached hydrogen (secondary N) is 1. The minimum Gasteiger partial charge on any atom is -0.384 e. The molecule has 0 aromatic carbocycles. The molecule has 0 spiro atoms. The summed E-state index contributed by atoms with van der Waals surface area (Å²) in [5, 5.41) is 15.5. The lowest BCUT2D eigenvalue weighted by molar-refractivity contribution is 0.0949. The number of rotatable bonds is 3. The highest BCUT2D eigenvalue weighted by Gasteiger charge is 2.10. The van der Waals surface area contributed by atoms with E-state index in [0.717, 1.165) is 5.69 Å². The fourth-order valence-electron chi connectivity index (χ4n) is 1.67. The van der Waals surface area contributed by atoms with Crippen molar-refractivity contribution in [3.63, 3.8) is 0 Å². The molecule has 0 aliphatic carbocycles. The second-order valence-electron chi connectivity index (χ2n) is 4.01. The molecule has 2 aromatic rings. The van der Waals surface area contributed by atoms with E-state index < -0.39 is 0 Å². The Bertz CT molecular complexity index is 667. The van der Waals surface area contributed by atoms with Crippen LogP contribution in [0.2, 0.25) is 0 Å². The van der Waals surface area contributed by atoms with Crippen LogP contribution >= 0.6 is 0 Å². The largest absolute Gasteiger partial charge is 0.384 e. The van der Waals surface area contributed by atoms with Gasteiger partial charge >= 0.3 is 0 Å². The Hall–Kier alpha value is -2.65. The Morgan fingerprint density at radius 1 is 1.45 bits per heavy atom. The number of aromatic nitrogens is 3. The predicted octanol–water partition coefficient (Wildman–Crippen LogP) is 0.0889. The molecule has 0 saturated carbocycles. The Balaban J connectivity index is 2.11. The van der Waals surface area contributed by atoms with Crippen molar-refractivity contribution in [3.05, 3.63) is 47.5 Å². The van der Waals surface area contributed by atoms with E-state index in [2.05, 4.69) is 27.2 Å². The maximum absolute atomic E-state index is 12.1. The topological polar surface area (TPSA) is 80.0 Å². The first-order chi connectivity index (χ1) is 9.72. The summed E-state index contributed by atoms with van der Waals surface area (Å²) < 4.78 is 1.69. The quantitative estimate of drug-likeness (QED) is 0.775. The Labute approximate surface area is 116 Å². The number of hydrogen-bond donors (Lipinski definition) is 2.